The minimum Gasteiger partial charge on any atom is -0.188 e. The molecule has 0 bridgehead atoms. The number of nitrogens with zero attached hydrogens (tertiary/aromatic N) is 4. The maximum absolute atomic E-state index is 4.63. The van der Waals surface area contributed by atoms with E-state index in [4.69, 9.17) is 0 Å². The first-order valence-corrected chi connectivity index (χ1v) is 8.14. The number of aryl methyl sites for hydroxylation is 1. The Hall–Kier alpha value is -1.75. The van der Waals surface area contributed by atoms with E-state index in [0.29, 0.717) is 5.92 Å². The van der Waals surface area contributed by atoms with Crippen molar-refractivity contribution in [3.63, 3.8) is 0 Å². The Morgan fingerprint density at radius 2 is 1.81 bits per heavy atom. The quantitative estimate of drug-likeness (QED) is 0.735. The van der Waals surface area contributed by atoms with Crippen LogP contribution in [0.3, 0.4) is 0 Å². The monoisotopic (exact) mass is 300 g/mol. The molecular weight excluding hydrogens is 280 g/mol. The van der Waals surface area contributed by atoms with Crippen molar-refractivity contribution in [1.82, 2.24) is 19.8 Å². The van der Waals surface area contributed by atoms with Crippen molar-refractivity contribution in [2.24, 2.45) is 5.92 Å². The molecule has 4 nitrogen and oxygen atoms in total. The van der Waals surface area contributed by atoms with Crippen LogP contribution < -0.4 is 0 Å². The molecule has 2 heterocycles. The highest BCUT2D eigenvalue weighted by Crippen LogP contribution is 2.28. The van der Waals surface area contributed by atoms with Crippen LogP contribution in [0.15, 0.2) is 24.3 Å². The van der Waals surface area contributed by atoms with Gasteiger partial charge in [0.05, 0.1) is 0 Å². The Balaban J connectivity index is 1.85. The summed E-state index contributed by atoms with van der Waals surface area (Å²) in [5, 5.41) is 13.9. The Bertz CT molecular complexity index is 739. The highest BCUT2D eigenvalue weighted by molar-refractivity contribution is 7.16. The molecule has 0 aliphatic carbocycles. The number of rotatable bonds is 4. The van der Waals surface area contributed by atoms with Gasteiger partial charge < -0.3 is 0 Å². The van der Waals surface area contributed by atoms with Crippen molar-refractivity contribution in [3.8, 4) is 0 Å². The molecule has 0 amide bonds. The van der Waals surface area contributed by atoms with Gasteiger partial charge in [0.2, 0.25) is 4.96 Å². The Kier molecular flexibility index (Phi) is 3.76. The molecule has 0 spiro atoms. The van der Waals surface area contributed by atoms with E-state index in [0.717, 1.165) is 22.2 Å². The van der Waals surface area contributed by atoms with Gasteiger partial charge in [-0.2, -0.15) is 9.61 Å². The van der Waals surface area contributed by atoms with Gasteiger partial charge in [-0.05, 0) is 30.4 Å². The molecule has 0 unspecified atom stereocenters. The van der Waals surface area contributed by atoms with Crippen molar-refractivity contribution >= 4 is 16.3 Å². The second kappa shape index (κ2) is 5.56. The molecule has 0 aliphatic rings. The van der Waals surface area contributed by atoms with Crippen LogP contribution in [0.25, 0.3) is 4.96 Å². The van der Waals surface area contributed by atoms with Gasteiger partial charge in [-0.1, -0.05) is 56.4 Å². The average molecular weight is 300 g/mol. The SMILES string of the molecule is Cc1nnc2sc([C@H](C)c3ccc(CC(C)C)cc3)nn12. The lowest BCUT2D eigenvalue weighted by Gasteiger charge is -2.10. The molecule has 3 rings (SSSR count). The zero-order valence-electron chi connectivity index (χ0n) is 12.9. The summed E-state index contributed by atoms with van der Waals surface area (Å²) in [4.78, 5) is 0.866. The molecule has 0 fully saturated rings. The lowest BCUT2D eigenvalue weighted by molar-refractivity contribution is 0.647. The van der Waals surface area contributed by atoms with Gasteiger partial charge in [-0.15, -0.1) is 10.2 Å². The molecule has 3 aromatic rings. The minimum absolute atomic E-state index is 0.282. The van der Waals surface area contributed by atoms with Gasteiger partial charge in [0.25, 0.3) is 0 Å². The van der Waals surface area contributed by atoms with Crippen LogP contribution in [0.4, 0.5) is 0 Å². The third-order valence-electron chi connectivity index (χ3n) is 3.66. The maximum atomic E-state index is 4.63. The van der Waals surface area contributed by atoms with Crippen molar-refractivity contribution in [2.45, 2.75) is 40.0 Å². The molecule has 0 saturated carbocycles. The molecule has 2 aromatic heterocycles. The lowest BCUT2D eigenvalue weighted by Crippen LogP contribution is -1.99. The van der Waals surface area contributed by atoms with Gasteiger partial charge >= 0.3 is 0 Å². The molecule has 1 aromatic carbocycles. The largest absolute Gasteiger partial charge is 0.234 e. The number of hydrogen-bond donors (Lipinski definition) is 0. The fourth-order valence-corrected chi connectivity index (χ4v) is 3.42. The molecule has 0 aliphatic heterocycles. The van der Waals surface area contributed by atoms with Gasteiger partial charge in [0.1, 0.15) is 5.01 Å². The average Bonchev–Trinajstić information content (AvgIpc) is 3.01. The predicted octanol–water partition coefficient (Wildman–Crippen LogP) is 3.84. The first kappa shape index (κ1) is 14.2. The van der Waals surface area contributed by atoms with Crippen LogP contribution in [-0.2, 0) is 6.42 Å². The van der Waals surface area contributed by atoms with Crippen LogP contribution >= 0.6 is 11.3 Å². The van der Waals surface area contributed by atoms with Gasteiger partial charge in [-0.25, -0.2) is 0 Å². The number of fused-ring (bicyclic) bond motifs is 1. The third-order valence-corrected chi connectivity index (χ3v) is 4.74. The molecule has 5 heteroatoms. The van der Waals surface area contributed by atoms with E-state index >= 15 is 0 Å². The highest BCUT2D eigenvalue weighted by atomic mass is 32.1. The fraction of sp³-hybridized carbons (Fsp3) is 0.438. The predicted molar refractivity (Wildman–Crippen MR) is 85.9 cm³/mol. The Morgan fingerprint density at radius 3 is 2.43 bits per heavy atom. The standard InChI is InChI=1S/C16H20N4S/c1-10(2)9-13-5-7-14(8-6-13)11(3)15-19-20-12(4)17-18-16(20)21-15/h5-8,10-11H,9H2,1-4H3/t11-/m1/s1. The lowest BCUT2D eigenvalue weighted by atomic mass is 9.97. The summed E-state index contributed by atoms with van der Waals surface area (Å²) in [5.41, 5.74) is 2.69. The van der Waals surface area contributed by atoms with Crippen molar-refractivity contribution in [2.75, 3.05) is 0 Å². The van der Waals surface area contributed by atoms with E-state index in [2.05, 4.69) is 60.3 Å². The van der Waals surface area contributed by atoms with E-state index in [1.807, 2.05) is 11.4 Å². The fourth-order valence-electron chi connectivity index (χ4n) is 2.46. The van der Waals surface area contributed by atoms with Crippen LogP contribution in [-0.4, -0.2) is 19.8 Å². The van der Waals surface area contributed by atoms with Crippen molar-refractivity contribution in [1.29, 1.82) is 0 Å². The van der Waals surface area contributed by atoms with E-state index in [-0.39, 0.29) is 5.92 Å². The molecule has 1 atom stereocenters. The summed E-state index contributed by atoms with van der Waals surface area (Å²) in [7, 11) is 0. The van der Waals surface area contributed by atoms with E-state index in [1.165, 1.54) is 11.1 Å². The first-order valence-electron chi connectivity index (χ1n) is 7.32. The molecular formula is C16H20N4S. The summed E-state index contributed by atoms with van der Waals surface area (Å²) in [6.45, 7) is 8.61. The summed E-state index contributed by atoms with van der Waals surface area (Å²) in [6.07, 6.45) is 1.13. The highest BCUT2D eigenvalue weighted by Gasteiger charge is 2.16. The summed E-state index contributed by atoms with van der Waals surface area (Å²) < 4.78 is 1.82. The Morgan fingerprint density at radius 1 is 1.10 bits per heavy atom. The second-order valence-corrected chi connectivity index (χ2v) is 6.93. The van der Waals surface area contributed by atoms with E-state index in [1.54, 1.807) is 11.3 Å². The molecule has 0 saturated heterocycles. The molecule has 0 N–H and O–H groups in total. The third kappa shape index (κ3) is 2.83. The molecule has 21 heavy (non-hydrogen) atoms. The first-order chi connectivity index (χ1) is 10.0. The van der Waals surface area contributed by atoms with Crippen molar-refractivity contribution < 1.29 is 0 Å². The topological polar surface area (TPSA) is 43.1 Å². The smallest absolute Gasteiger partial charge is 0.188 e. The van der Waals surface area contributed by atoms with Gasteiger partial charge in [-0.3, -0.25) is 0 Å². The van der Waals surface area contributed by atoms with Crippen molar-refractivity contribution in [3.05, 3.63) is 46.2 Å². The number of benzene rings is 1. The Labute approximate surface area is 128 Å². The van der Waals surface area contributed by atoms with Crippen LogP contribution in [0.1, 0.15) is 48.6 Å². The zero-order valence-corrected chi connectivity index (χ0v) is 13.7. The van der Waals surface area contributed by atoms with Crippen LogP contribution in [0.5, 0.6) is 0 Å². The summed E-state index contributed by atoms with van der Waals surface area (Å²) in [6, 6.07) is 8.91. The maximum Gasteiger partial charge on any atom is 0.234 e. The van der Waals surface area contributed by atoms with Gasteiger partial charge in [0.15, 0.2) is 5.82 Å². The van der Waals surface area contributed by atoms with Crippen LogP contribution in [0.2, 0.25) is 0 Å². The van der Waals surface area contributed by atoms with E-state index < -0.39 is 0 Å². The zero-order chi connectivity index (χ0) is 15.0. The van der Waals surface area contributed by atoms with E-state index in [9.17, 15) is 0 Å². The van der Waals surface area contributed by atoms with Crippen LogP contribution in [0, 0.1) is 12.8 Å². The number of hydrogen-bond acceptors (Lipinski definition) is 4. The summed E-state index contributed by atoms with van der Waals surface area (Å²) in [5.74, 6) is 1.81. The second-order valence-electron chi connectivity index (χ2n) is 5.94. The normalized spacial score (nSPS) is 13.2. The number of aromatic nitrogens is 4. The molecule has 0 radical (unpaired) electrons. The minimum atomic E-state index is 0.282. The molecule has 110 valence electrons. The van der Waals surface area contributed by atoms with Gasteiger partial charge in [0, 0.05) is 5.92 Å². The summed E-state index contributed by atoms with van der Waals surface area (Å²) >= 11 is 1.61.